The smallest absolute Gasteiger partial charge is 0.409 e. The molecule has 0 saturated carbocycles. The van der Waals surface area contributed by atoms with E-state index in [1.165, 1.54) is 5.56 Å². The molecule has 1 aromatic carbocycles. The molecule has 0 unspecified atom stereocenters. The van der Waals surface area contributed by atoms with Crippen molar-refractivity contribution in [1.29, 1.82) is 0 Å². The summed E-state index contributed by atoms with van der Waals surface area (Å²) in [6, 6.07) is 9.64. The van der Waals surface area contributed by atoms with Gasteiger partial charge in [-0.3, -0.25) is 9.78 Å². The number of amides is 2. The van der Waals surface area contributed by atoms with Crippen LogP contribution in [0.25, 0.3) is 16.9 Å². The van der Waals surface area contributed by atoms with E-state index in [0.29, 0.717) is 38.2 Å². The fraction of sp³-hybridized carbons (Fsp3) is 0.375. The maximum atomic E-state index is 13.2. The van der Waals surface area contributed by atoms with Gasteiger partial charge in [0.15, 0.2) is 5.69 Å². The molecule has 9 heteroatoms. The van der Waals surface area contributed by atoms with Gasteiger partial charge in [-0.15, -0.1) is 5.10 Å². The van der Waals surface area contributed by atoms with E-state index in [4.69, 9.17) is 4.74 Å². The monoisotopic (exact) mass is 448 g/mol. The van der Waals surface area contributed by atoms with Crippen molar-refractivity contribution >= 4 is 12.0 Å². The number of benzene rings is 1. The number of likely N-dealkylation sites (tertiary alicyclic amines) is 1. The Bertz CT molecular complexity index is 1140. The summed E-state index contributed by atoms with van der Waals surface area (Å²) in [6.07, 6.45) is 4.36. The molecule has 172 valence electrons. The molecule has 0 aliphatic carbocycles. The normalized spacial score (nSPS) is 14.2. The van der Waals surface area contributed by atoms with Crippen LogP contribution in [0.1, 0.15) is 41.4 Å². The first-order valence-corrected chi connectivity index (χ1v) is 11.1. The minimum atomic E-state index is -0.307. The van der Waals surface area contributed by atoms with E-state index in [0.717, 1.165) is 16.8 Å². The van der Waals surface area contributed by atoms with Crippen molar-refractivity contribution in [2.75, 3.05) is 19.7 Å². The first kappa shape index (κ1) is 22.4. The molecule has 1 aliphatic rings. The standard InChI is InChI=1S/C24H28N6O3/c1-4-33-24(32)29-13-9-19(10-14-29)26-23(31)21-22(18-7-11-25-12-8-18)30(28-27-21)20-6-5-16(2)17(3)15-20/h5-8,11-12,15,19H,4,9-10,13-14H2,1-3H3,(H,26,31). The summed E-state index contributed by atoms with van der Waals surface area (Å²) in [7, 11) is 0. The lowest BCUT2D eigenvalue weighted by atomic mass is 10.0. The zero-order valence-electron chi connectivity index (χ0n) is 19.1. The highest BCUT2D eigenvalue weighted by Gasteiger charge is 2.28. The van der Waals surface area contributed by atoms with Crippen molar-refractivity contribution in [2.45, 2.75) is 39.7 Å². The van der Waals surface area contributed by atoms with E-state index in [-0.39, 0.29) is 23.7 Å². The molecular weight excluding hydrogens is 420 g/mol. The Morgan fingerprint density at radius 1 is 1.09 bits per heavy atom. The molecule has 0 bridgehead atoms. The second-order valence-electron chi connectivity index (χ2n) is 8.14. The van der Waals surface area contributed by atoms with Gasteiger partial charge in [0, 0.05) is 37.1 Å². The molecule has 2 amide bonds. The number of rotatable bonds is 5. The van der Waals surface area contributed by atoms with Gasteiger partial charge in [-0.1, -0.05) is 11.3 Å². The molecule has 0 radical (unpaired) electrons. The molecular formula is C24H28N6O3. The third-order valence-electron chi connectivity index (χ3n) is 5.93. The largest absolute Gasteiger partial charge is 0.450 e. The summed E-state index contributed by atoms with van der Waals surface area (Å²) in [4.78, 5) is 30.9. The van der Waals surface area contributed by atoms with Crippen LogP contribution >= 0.6 is 0 Å². The lowest BCUT2D eigenvalue weighted by Crippen LogP contribution is -2.46. The summed E-state index contributed by atoms with van der Waals surface area (Å²) in [6.45, 7) is 7.31. The van der Waals surface area contributed by atoms with Crippen LogP contribution in [0.3, 0.4) is 0 Å². The molecule has 33 heavy (non-hydrogen) atoms. The number of ether oxygens (including phenoxy) is 1. The van der Waals surface area contributed by atoms with Gasteiger partial charge in [-0.25, -0.2) is 9.48 Å². The number of carbonyl (C=O) groups is 2. The maximum Gasteiger partial charge on any atom is 0.409 e. The van der Waals surface area contributed by atoms with E-state index in [9.17, 15) is 9.59 Å². The average Bonchev–Trinajstić information content (AvgIpc) is 3.27. The molecule has 1 N–H and O–H groups in total. The Morgan fingerprint density at radius 3 is 2.48 bits per heavy atom. The molecule has 0 spiro atoms. The maximum absolute atomic E-state index is 13.2. The topological polar surface area (TPSA) is 102 Å². The van der Waals surface area contributed by atoms with Gasteiger partial charge >= 0.3 is 6.09 Å². The SMILES string of the molecule is CCOC(=O)N1CCC(NC(=O)c2nnn(-c3ccc(C)c(C)c3)c2-c2ccncc2)CC1. The number of hydrogen-bond donors (Lipinski definition) is 1. The van der Waals surface area contributed by atoms with Crippen LogP contribution < -0.4 is 5.32 Å². The van der Waals surface area contributed by atoms with Crippen LogP contribution in [0, 0.1) is 13.8 Å². The Morgan fingerprint density at radius 2 is 1.82 bits per heavy atom. The highest BCUT2D eigenvalue weighted by atomic mass is 16.6. The average molecular weight is 449 g/mol. The van der Waals surface area contributed by atoms with Crippen LogP contribution in [0.2, 0.25) is 0 Å². The van der Waals surface area contributed by atoms with Crippen molar-refractivity contribution in [2.24, 2.45) is 0 Å². The number of nitrogens with one attached hydrogen (secondary N) is 1. The van der Waals surface area contributed by atoms with Crippen molar-refractivity contribution in [1.82, 2.24) is 30.2 Å². The number of aryl methyl sites for hydroxylation is 2. The minimum Gasteiger partial charge on any atom is -0.450 e. The van der Waals surface area contributed by atoms with E-state index in [2.05, 4.69) is 27.5 Å². The molecule has 1 fully saturated rings. The fourth-order valence-electron chi connectivity index (χ4n) is 3.92. The summed E-state index contributed by atoms with van der Waals surface area (Å²) in [5.41, 5.74) is 4.81. The van der Waals surface area contributed by atoms with E-state index in [1.54, 1.807) is 28.9 Å². The quantitative estimate of drug-likeness (QED) is 0.643. The lowest BCUT2D eigenvalue weighted by Gasteiger charge is -2.31. The number of hydrogen-bond acceptors (Lipinski definition) is 6. The predicted octanol–water partition coefficient (Wildman–Crippen LogP) is 3.30. The second kappa shape index (κ2) is 9.81. The van der Waals surface area contributed by atoms with Crippen LogP contribution in [-0.4, -0.2) is 62.6 Å². The minimum absolute atomic E-state index is 0.0553. The molecule has 1 saturated heterocycles. The van der Waals surface area contributed by atoms with Gasteiger partial charge < -0.3 is 15.0 Å². The Labute approximate surface area is 192 Å². The number of carbonyl (C=O) groups excluding carboxylic acids is 2. The van der Waals surface area contributed by atoms with Gasteiger partial charge in [0.25, 0.3) is 5.91 Å². The summed E-state index contributed by atoms with van der Waals surface area (Å²) in [5, 5.41) is 11.6. The molecule has 9 nitrogen and oxygen atoms in total. The van der Waals surface area contributed by atoms with E-state index >= 15 is 0 Å². The van der Waals surface area contributed by atoms with Crippen molar-refractivity contribution in [3.63, 3.8) is 0 Å². The predicted molar refractivity (Wildman–Crippen MR) is 123 cm³/mol. The van der Waals surface area contributed by atoms with Gasteiger partial charge in [0.05, 0.1) is 12.3 Å². The first-order valence-electron chi connectivity index (χ1n) is 11.1. The third kappa shape index (κ3) is 4.87. The summed E-state index contributed by atoms with van der Waals surface area (Å²) < 4.78 is 6.76. The number of piperidine rings is 1. The number of pyridine rings is 1. The molecule has 3 aromatic rings. The second-order valence-corrected chi connectivity index (χ2v) is 8.14. The molecule has 1 aliphatic heterocycles. The highest BCUT2D eigenvalue weighted by Crippen LogP contribution is 2.26. The molecule has 0 atom stereocenters. The van der Waals surface area contributed by atoms with Gasteiger partial charge in [0.2, 0.25) is 0 Å². The fourth-order valence-corrected chi connectivity index (χ4v) is 3.92. The summed E-state index contributed by atoms with van der Waals surface area (Å²) >= 11 is 0. The Hall–Kier alpha value is -3.75. The zero-order valence-corrected chi connectivity index (χ0v) is 19.1. The van der Waals surface area contributed by atoms with E-state index < -0.39 is 0 Å². The highest BCUT2D eigenvalue weighted by molar-refractivity contribution is 5.98. The van der Waals surface area contributed by atoms with Crippen molar-refractivity contribution in [3.05, 3.63) is 59.5 Å². The molecule has 3 heterocycles. The third-order valence-corrected chi connectivity index (χ3v) is 5.93. The zero-order chi connectivity index (χ0) is 23.4. The van der Waals surface area contributed by atoms with Gasteiger partial charge in [0.1, 0.15) is 5.69 Å². The lowest BCUT2D eigenvalue weighted by molar-refractivity contribution is 0.0857. The van der Waals surface area contributed by atoms with Gasteiger partial charge in [-0.2, -0.15) is 0 Å². The van der Waals surface area contributed by atoms with Crippen LogP contribution in [-0.2, 0) is 4.74 Å². The van der Waals surface area contributed by atoms with Crippen LogP contribution in [0.4, 0.5) is 4.79 Å². The van der Waals surface area contributed by atoms with Crippen LogP contribution in [0.5, 0.6) is 0 Å². The molecule has 4 rings (SSSR count). The van der Waals surface area contributed by atoms with Crippen molar-refractivity contribution in [3.8, 4) is 16.9 Å². The van der Waals surface area contributed by atoms with Crippen LogP contribution in [0.15, 0.2) is 42.7 Å². The number of aromatic nitrogens is 4. The molecule has 2 aromatic heterocycles. The Kier molecular flexibility index (Phi) is 6.67. The van der Waals surface area contributed by atoms with Crippen molar-refractivity contribution < 1.29 is 14.3 Å². The van der Waals surface area contributed by atoms with Gasteiger partial charge in [-0.05, 0) is 69.0 Å². The summed E-state index contributed by atoms with van der Waals surface area (Å²) in [5.74, 6) is -0.286. The Balaban J connectivity index is 1.58. The number of nitrogens with zero attached hydrogens (tertiary/aromatic N) is 5. The first-order chi connectivity index (χ1) is 16.0. The van der Waals surface area contributed by atoms with E-state index in [1.807, 2.05) is 37.3 Å².